The van der Waals surface area contributed by atoms with Crippen LogP contribution in [-0.2, 0) is 0 Å². The minimum atomic E-state index is -1.16. The fourth-order valence-corrected chi connectivity index (χ4v) is 2.62. The third kappa shape index (κ3) is 3.06. The highest BCUT2D eigenvalue weighted by atomic mass is 32.2. The lowest BCUT2D eigenvalue weighted by molar-refractivity contribution is 0.0697. The van der Waals surface area contributed by atoms with Crippen LogP contribution in [0.2, 0.25) is 0 Å². The third-order valence-corrected chi connectivity index (χ3v) is 3.57. The summed E-state index contributed by atoms with van der Waals surface area (Å²) in [4.78, 5) is 12.1. The van der Waals surface area contributed by atoms with Gasteiger partial charge in [0.05, 0.1) is 5.56 Å². The van der Waals surface area contributed by atoms with Crippen LogP contribution in [0.1, 0.15) is 15.9 Å². The number of aryl methyl sites for hydroxylation is 1. The van der Waals surface area contributed by atoms with Gasteiger partial charge in [-0.2, -0.15) is 0 Å². The normalized spacial score (nSPS) is 10.4. The topological polar surface area (TPSA) is 63.3 Å². The minimum Gasteiger partial charge on any atom is -0.478 e. The zero-order chi connectivity index (χ0) is 14.0. The van der Waals surface area contributed by atoms with E-state index < -0.39 is 11.8 Å². The van der Waals surface area contributed by atoms with Gasteiger partial charge in [0.15, 0.2) is 0 Å². The molecule has 0 unspecified atom stereocenters. The van der Waals surface area contributed by atoms with Gasteiger partial charge in [0.2, 0.25) is 0 Å². The van der Waals surface area contributed by atoms with Gasteiger partial charge < -0.3 is 10.8 Å². The van der Waals surface area contributed by atoms with Crippen molar-refractivity contribution in [2.75, 3.05) is 5.73 Å². The molecule has 0 aliphatic rings. The summed E-state index contributed by atoms with van der Waals surface area (Å²) in [5.74, 6) is -1.68. The second-order valence-corrected chi connectivity index (χ2v) is 5.21. The number of rotatable bonds is 3. The van der Waals surface area contributed by atoms with Crippen LogP contribution in [-0.4, -0.2) is 11.1 Å². The lowest BCUT2D eigenvalue weighted by Crippen LogP contribution is -2.03. The number of carbonyl (C=O) groups is 1. The molecule has 0 radical (unpaired) electrons. The van der Waals surface area contributed by atoms with E-state index in [1.807, 2.05) is 31.2 Å². The van der Waals surface area contributed by atoms with Gasteiger partial charge >= 0.3 is 5.97 Å². The molecule has 2 rings (SSSR count). The van der Waals surface area contributed by atoms with Gasteiger partial charge in [-0.05, 0) is 31.2 Å². The Hall–Kier alpha value is -2.01. The molecule has 3 nitrogen and oxygen atoms in total. The van der Waals surface area contributed by atoms with E-state index in [0.717, 1.165) is 16.5 Å². The first kappa shape index (κ1) is 13.4. The Labute approximate surface area is 114 Å². The van der Waals surface area contributed by atoms with Crippen LogP contribution < -0.4 is 5.73 Å². The molecule has 0 aromatic heterocycles. The summed E-state index contributed by atoms with van der Waals surface area (Å²) in [6.45, 7) is 1.94. The molecule has 0 atom stereocenters. The van der Waals surface area contributed by atoms with Crippen molar-refractivity contribution in [3.8, 4) is 0 Å². The Morgan fingerprint density at radius 2 is 2.05 bits per heavy atom. The van der Waals surface area contributed by atoms with Gasteiger partial charge in [-0.25, -0.2) is 9.18 Å². The zero-order valence-corrected chi connectivity index (χ0v) is 11.0. The number of nitrogens with two attached hydrogens (primary N) is 1. The molecule has 3 N–H and O–H groups in total. The monoisotopic (exact) mass is 277 g/mol. The fourth-order valence-electron chi connectivity index (χ4n) is 1.64. The van der Waals surface area contributed by atoms with Crippen LogP contribution in [0.15, 0.2) is 46.2 Å². The van der Waals surface area contributed by atoms with E-state index in [1.165, 1.54) is 17.8 Å². The van der Waals surface area contributed by atoms with Crippen molar-refractivity contribution in [2.45, 2.75) is 16.7 Å². The molecule has 0 aliphatic heterocycles. The maximum Gasteiger partial charge on any atom is 0.337 e. The van der Waals surface area contributed by atoms with E-state index in [4.69, 9.17) is 10.8 Å². The number of benzene rings is 2. The number of hydrogen-bond acceptors (Lipinski definition) is 3. The SMILES string of the molecule is Cc1cccc(Sc2cc(C(=O)O)c(N)cc2F)c1. The average molecular weight is 277 g/mol. The summed E-state index contributed by atoms with van der Waals surface area (Å²) >= 11 is 1.17. The lowest BCUT2D eigenvalue weighted by atomic mass is 10.2. The maximum absolute atomic E-state index is 13.8. The van der Waals surface area contributed by atoms with Crippen molar-refractivity contribution in [2.24, 2.45) is 0 Å². The molecule has 0 heterocycles. The van der Waals surface area contributed by atoms with Crippen LogP contribution in [0, 0.1) is 12.7 Å². The third-order valence-electron chi connectivity index (χ3n) is 2.55. The molecular weight excluding hydrogens is 265 g/mol. The Morgan fingerprint density at radius 1 is 1.32 bits per heavy atom. The van der Waals surface area contributed by atoms with Crippen molar-refractivity contribution >= 4 is 23.4 Å². The number of carboxylic acid groups (broad SMARTS) is 1. The number of hydrogen-bond donors (Lipinski definition) is 2. The Balaban J connectivity index is 2.40. The van der Waals surface area contributed by atoms with Crippen LogP contribution in [0.5, 0.6) is 0 Å². The van der Waals surface area contributed by atoms with Gasteiger partial charge in [0, 0.05) is 15.5 Å². The van der Waals surface area contributed by atoms with Crippen molar-refractivity contribution in [1.82, 2.24) is 0 Å². The predicted octanol–water partition coefficient (Wildman–Crippen LogP) is 3.57. The molecular formula is C14H12FNO2S. The van der Waals surface area contributed by atoms with E-state index in [0.29, 0.717) is 0 Å². The second-order valence-electron chi connectivity index (χ2n) is 4.09. The van der Waals surface area contributed by atoms with E-state index in [1.54, 1.807) is 0 Å². The number of anilines is 1. The molecule has 0 spiro atoms. The van der Waals surface area contributed by atoms with Crippen molar-refractivity contribution in [1.29, 1.82) is 0 Å². The molecule has 0 fully saturated rings. The average Bonchev–Trinajstić information content (AvgIpc) is 2.32. The van der Waals surface area contributed by atoms with E-state index in [2.05, 4.69) is 0 Å². The molecule has 2 aromatic carbocycles. The molecule has 0 saturated carbocycles. The molecule has 5 heteroatoms. The Morgan fingerprint density at radius 3 is 2.68 bits per heavy atom. The highest BCUT2D eigenvalue weighted by Gasteiger charge is 2.14. The van der Waals surface area contributed by atoms with E-state index in [9.17, 15) is 9.18 Å². The quantitative estimate of drug-likeness (QED) is 0.842. The molecule has 0 bridgehead atoms. The summed E-state index contributed by atoms with van der Waals surface area (Å²) < 4.78 is 13.8. The Bertz CT molecular complexity index is 643. The summed E-state index contributed by atoms with van der Waals surface area (Å²) in [6, 6.07) is 9.85. The largest absolute Gasteiger partial charge is 0.478 e. The zero-order valence-electron chi connectivity index (χ0n) is 10.2. The standard InChI is InChI=1S/C14H12FNO2S/c1-8-3-2-4-9(5-8)19-13-6-10(14(17)18)12(16)7-11(13)15/h2-7H,16H2,1H3,(H,17,18). The number of nitrogen functional groups attached to an aromatic ring is 1. The summed E-state index contributed by atoms with van der Waals surface area (Å²) in [5, 5.41) is 8.98. The van der Waals surface area contributed by atoms with Gasteiger partial charge in [0.1, 0.15) is 5.82 Å². The second kappa shape index (κ2) is 5.32. The predicted molar refractivity (Wildman–Crippen MR) is 73.1 cm³/mol. The summed E-state index contributed by atoms with van der Waals surface area (Å²) in [5.41, 5.74) is 6.38. The maximum atomic E-state index is 13.8. The van der Waals surface area contributed by atoms with Crippen molar-refractivity contribution < 1.29 is 14.3 Å². The fraction of sp³-hybridized carbons (Fsp3) is 0.0714. The molecule has 19 heavy (non-hydrogen) atoms. The van der Waals surface area contributed by atoms with Crippen LogP contribution >= 0.6 is 11.8 Å². The van der Waals surface area contributed by atoms with Gasteiger partial charge in [-0.15, -0.1) is 0 Å². The van der Waals surface area contributed by atoms with E-state index >= 15 is 0 Å². The van der Waals surface area contributed by atoms with Crippen LogP contribution in [0.3, 0.4) is 0 Å². The Kier molecular flexibility index (Phi) is 3.76. The summed E-state index contributed by atoms with van der Waals surface area (Å²) in [6.07, 6.45) is 0. The van der Waals surface area contributed by atoms with Gasteiger partial charge in [-0.1, -0.05) is 29.5 Å². The minimum absolute atomic E-state index is 0.0707. The first-order valence-electron chi connectivity index (χ1n) is 5.54. The highest BCUT2D eigenvalue weighted by molar-refractivity contribution is 7.99. The first-order chi connectivity index (χ1) is 8.97. The molecule has 0 saturated heterocycles. The molecule has 98 valence electrons. The van der Waals surface area contributed by atoms with Crippen molar-refractivity contribution in [3.05, 3.63) is 53.3 Å². The number of aromatic carboxylic acids is 1. The first-order valence-corrected chi connectivity index (χ1v) is 6.36. The van der Waals surface area contributed by atoms with Gasteiger partial charge in [-0.3, -0.25) is 0 Å². The van der Waals surface area contributed by atoms with Crippen molar-refractivity contribution in [3.63, 3.8) is 0 Å². The van der Waals surface area contributed by atoms with E-state index in [-0.39, 0.29) is 16.1 Å². The lowest BCUT2D eigenvalue weighted by Gasteiger charge is -2.07. The number of halogens is 1. The van der Waals surface area contributed by atoms with Gasteiger partial charge in [0.25, 0.3) is 0 Å². The number of carboxylic acids is 1. The van der Waals surface area contributed by atoms with Crippen LogP contribution in [0.4, 0.5) is 10.1 Å². The van der Waals surface area contributed by atoms with Crippen LogP contribution in [0.25, 0.3) is 0 Å². The smallest absolute Gasteiger partial charge is 0.337 e. The summed E-state index contributed by atoms with van der Waals surface area (Å²) in [7, 11) is 0. The molecule has 2 aromatic rings. The highest BCUT2D eigenvalue weighted by Crippen LogP contribution is 2.32. The molecule has 0 aliphatic carbocycles. The molecule has 0 amide bonds.